The maximum absolute atomic E-state index is 6.24. The molecule has 0 fully saturated rings. The van der Waals surface area contributed by atoms with Gasteiger partial charge in [0.25, 0.3) is 0 Å². The van der Waals surface area contributed by atoms with E-state index in [-0.39, 0.29) is 0 Å². The number of aromatic nitrogens is 2. The van der Waals surface area contributed by atoms with Crippen molar-refractivity contribution in [1.82, 2.24) is 10.2 Å². The summed E-state index contributed by atoms with van der Waals surface area (Å²) in [5, 5.41) is 7.39. The number of nitrogen functional groups attached to an aromatic ring is 1. The quantitative estimate of drug-likeness (QED) is 0.893. The van der Waals surface area contributed by atoms with Crippen LogP contribution < -0.4 is 10.5 Å². The normalized spacial score (nSPS) is 10.9. The van der Waals surface area contributed by atoms with Crippen molar-refractivity contribution in [3.63, 3.8) is 0 Å². The molecule has 1 heterocycles. The van der Waals surface area contributed by atoms with Crippen LogP contribution >= 0.6 is 11.6 Å². The van der Waals surface area contributed by atoms with E-state index in [0.717, 1.165) is 16.8 Å². The number of hydrogen-bond donors (Lipinski definition) is 2. The average molecular weight is 266 g/mol. The number of ether oxygens (including phenoxy) is 1. The molecule has 0 spiro atoms. The van der Waals surface area contributed by atoms with Crippen LogP contribution in [0.4, 0.5) is 5.82 Å². The van der Waals surface area contributed by atoms with Crippen molar-refractivity contribution in [2.45, 2.75) is 19.8 Å². The monoisotopic (exact) mass is 265 g/mol. The predicted molar refractivity (Wildman–Crippen MR) is 74.1 cm³/mol. The summed E-state index contributed by atoms with van der Waals surface area (Å²) < 4.78 is 5.35. The zero-order chi connectivity index (χ0) is 13.3. The highest BCUT2D eigenvalue weighted by Crippen LogP contribution is 2.38. The molecule has 0 radical (unpaired) electrons. The van der Waals surface area contributed by atoms with Gasteiger partial charge in [0, 0.05) is 11.6 Å². The van der Waals surface area contributed by atoms with Crippen LogP contribution in [0, 0.1) is 0 Å². The molecule has 2 aromatic rings. The third kappa shape index (κ3) is 2.29. The number of benzene rings is 1. The van der Waals surface area contributed by atoms with E-state index in [1.54, 1.807) is 13.2 Å². The Bertz CT molecular complexity index is 563. The lowest BCUT2D eigenvalue weighted by Gasteiger charge is -2.13. The van der Waals surface area contributed by atoms with Crippen LogP contribution in [-0.4, -0.2) is 17.3 Å². The van der Waals surface area contributed by atoms with Crippen molar-refractivity contribution in [3.8, 4) is 17.0 Å². The Kier molecular flexibility index (Phi) is 3.48. The average Bonchev–Trinajstić information content (AvgIpc) is 2.74. The number of methoxy groups -OCH3 is 1. The molecule has 3 N–H and O–H groups in total. The van der Waals surface area contributed by atoms with Gasteiger partial charge in [0.1, 0.15) is 11.6 Å². The van der Waals surface area contributed by atoms with E-state index in [0.29, 0.717) is 22.5 Å². The summed E-state index contributed by atoms with van der Waals surface area (Å²) in [5.74, 6) is 1.45. The fourth-order valence-electron chi connectivity index (χ4n) is 1.83. The van der Waals surface area contributed by atoms with Gasteiger partial charge in [0.05, 0.1) is 17.8 Å². The number of rotatable bonds is 3. The van der Waals surface area contributed by atoms with Crippen LogP contribution in [0.3, 0.4) is 0 Å². The molecule has 0 atom stereocenters. The molecule has 0 amide bonds. The number of nitrogens with two attached hydrogens (primary N) is 1. The molecule has 4 nitrogen and oxygen atoms in total. The zero-order valence-electron chi connectivity index (χ0n) is 10.6. The van der Waals surface area contributed by atoms with Gasteiger partial charge in [-0.15, -0.1) is 0 Å². The Morgan fingerprint density at radius 1 is 1.33 bits per heavy atom. The fraction of sp³-hybridized carbons (Fsp3) is 0.308. The van der Waals surface area contributed by atoms with Gasteiger partial charge in [-0.05, 0) is 23.6 Å². The Morgan fingerprint density at radius 2 is 2.06 bits per heavy atom. The van der Waals surface area contributed by atoms with E-state index in [1.165, 1.54) is 0 Å². The minimum Gasteiger partial charge on any atom is -0.494 e. The highest BCUT2D eigenvalue weighted by Gasteiger charge is 2.15. The lowest BCUT2D eigenvalue weighted by Crippen LogP contribution is -1.94. The smallest absolute Gasteiger partial charge is 0.146 e. The predicted octanol–water partition coefficient (Wildman–Crippen LogP) is 3.44. The van der Waals surface area contributed by atoms with E-state index in [4.69, 9.17) is 22.1 Å². The number of H-pyrrole nitrogens is 1. The molecular formula is C13H16ClN3O. The summed E-state index contributed by atoms with van der Waals surface area (Å²) in [6.07, 6.45) is 0. The van der Waals surface area contributed by atoms with Crippen LogP contribution in [0.15, 0.2) is 18.2 Å². The van der Waals surface area contributed by atoms with Gasteiger partial charge in [0.2, 0.25) is 0 Å². The number of aromatic amines is 1. The Balaban J connectivity index is 2.63. The molecule has 2 rings (SSSR count). The second-order valence-electron chi connectivity index (χ2n) is 4.44. The molecule has 96 valence electrons. The number of nitrogens with one attached hydrogen (secondary N) is 1. The Hall–Kier alpha value is -1.68. The zero-order valence-corrected chi connectivity index (χ0v) is 11.4. The third-order valence-electron chi connectivity index (χ3n) is 2.82. The molecule has 0 bridgehead atoms. The molecular weight excluding hydrogens is 250 g/mol. The standard InChI is InChI=1S/C13H16ClN3O/c1-7(2)8-4-9(11-6-12(15)17-16-11)13(18-3)10(14)5-8/h4-7H,1-3H3,(H3,15,16,17). The van der Waals surface area contributed by atoms with Gasteiger partial charge in [-0.3, -0.25) is 5.10 Å². The Morgan fingerprint density at radius 3 is 2.56 bits per heavy atom. The number of nitrogens with zero attached hydrogens (tertiary/aromatic N) is 1. The van der Waals surface area contributed by atoms with Crippen molar-refractivity contribution >= 4 is 17.4 Å². The number of halogens is 1. The van der Waals surface area contributed by atoms with Gasteiger partial charge < -0.3 is 10.5 Å². The maximum Gasteiger partial charge on any atom is 0.146 e. The highest BCUT2D eigenvalue weighted by atomic mass is 35.5. The van der Waals surface area contributed by atoms with E-state index in [9.17, 15) is 0 Å². The minimum absolute atomic E-state index is 0.382. The second kappa shape index (κ2) is 4.90. The van der Waals surface area contributed by atoms with Crippen molar-refractivity contribution in [2.75, 3.05) is 12.8 Å². The van der Waals surface area contributed by atoms with E-state index < -0.39 is 0 Å². The molecule has 1 aromatic heterocycles. The first kappa shape index (κ1) is 12.8. The summed E-state index contributed by atoms with van der Waals surface area (Å²) in [5.41, 5.74) is 8.44. The molecule has 0 aliphatic heterocycles. The highest BCUT2D eigenvalue weighted by molar-refractivity contribution is 6.32. The fourth-order valence-corrected chi connectivity index (χ4v) is 2.14. The van der Waals surface area contributed by atoms with E-state index in [2.05, 4.69) is 24.0 Å². The summed E-state index contributed by atoms with van der Waals surface area (Å²) in [6.45, 7) is 4.23. The first-order valence-corrected chi connectivity index (χ1v) is 6.09. The summed E-state index contributed by atoms with van der Waals surface area (Å²) in [6, 6.07) is 5.73. The number of anilines is 1. The topological polar surface area (TPSA) is 63.9 Å². The van der Waals surface area contributed by atoms with E-state index in [1.807, 2.05) is 12.1 Å². The third-order valence-corrected chi connectivity index (χ3v) is 3.11. The molecule has 5 heteroatoms. The largest absolute Gasteiger partial charge is 0.494 e. The van der Waals surface area contributed by atoms with Crippen molar-refractivity contribution in [1.29, 1.82) is 0 Å². The van der Waals surface area contributed by atoms with Gasteiger partial charge in [-0.25, -0.2) is 0 Å². The van der Waals surface area contributed by atoms with Gasteiger partial charge in [-0.1, -0.05) is 25.4 Å². The maximum atomic E-state index is 6.24. The minimum atomic E-state index is 0.382. The first-order chi connectivity index (χ1) is 8.52. The Labute approximate surface area is 111 Å². The van der Waals surface area contributed by atoms with Gasteiger partial charge in [0.15, 0.2) is 0 Å². The summed E-state index contributed by atoms with van der Waals surface area (Å²) in [4.78, 5) is 0. The van der Waals surface area contributed by atoms with Crippen molar-refractivity contribution in [2.24, 2.45) is 0 Å². The summed E-state index contributed by atoms with van der Waals surface area (Å²) >= 11 is 6.24. The van der Waals surface area contributed by atoms with Crippen LogP contribution in [-0.2, 0) is 0 Å². The van der Waals surface area contributed by atoms with Gasteiger partial charge in [-0.2, -0.15) is 5.10 Å². The molecule has 0 aliphatic rings. The lowest BCUT2D eigenvalue weighted by atomic mass is 9.99. The SMILES string of the molecule is COc1c(Cl)cc(C(C)C)cc1-c1cc(N)n[nH]1. The molecule has 1 aromatic carbocycles. The molecule has 18 heavy (non-hydrogen) atoms. The molecule has 0 saturated carbocycles. The van der Waals surface area contributed by atoms with Crippen LogP contribution in [0.2, 0.25) is 5.02 Å². The van der Waals surface area contributed by atoms with Gasteiger partial charge >= 0.3 is 0 Å². The van der Waals surface area contributed by atoms with E-state index >= 15 is 0 Å². The lowest BCUT2D eigenvalue weighted by molar-refractivity contribution is 0.416. The van der Waals surface area contributed by atoms with Crippen LogP contribution in [0.5, 0.6) is 5.75 Å². The van der Waals surface area contributed by atoms with Crippen molar-refractivity contribution in [3.05, 3.63) is 28.8 Å². The molecule has 0 unspecified atom stereocenters. The number of hydrogen-bond acceptors (Lipinski definition) is 3. The second-order valence-corrected chi connectivity index (χ2v) is 4.85. The van der Waals surface area contributed by atoms with Crippen molar-refractivity contribution < 1.29 is 4.74 Å². The summed E-state index contributed by atoms with van der Waals surface area (Å²) in [7, 11) is 1.60. The first-order valence-electron chi connectivity index (χ1n) is 5.71. The van der Waals surface area contributed by atoms with Crippen LogP contribution in [0.25, 0.3) is 11.3 Å². The molecule has 0 aliphatic carbocycles. The molecule has 0 saturated heterocycles. The van der Waals surface area contributed by atoms with Crippen LogP contribution in [0.1, 0.15) is 25.3 Å².